The van der Waals surface area contributed by atoms with Crippen LogP contribution in [0.1, 0.15) is 31.2 Å². The predicted octanol–water partition coefficient (Wildman–Crippen LogP) is 2.18. The molecule has 0 spiro atoms. The van der Waals surface area contributed by atoms with E-state index >= 15 is 0 Å². The van der Waals surface area contributed by atoms with Crippen LogP contribution >= 0.6 is 11.5 Å². The van der Waals surface area contributed by atoms with Gasteiger partial charge >= 0.3 is 0 Å². The zero-order valence-corrected chi connectivity index (χ0v) is 17.9. The second kappa shape index (κ2) is 9.07. The molecule has 2 amide bonds. The summed E-state index contributed by atoms with van der Waals surface area (Å²) >= 11 is 1.35. The number of hydrogen-bond acceptors (Lipinski definition) is 6. The van der Waals surface area contributed by atoms with Gasteiger partial charge in [0.15, 0.2) is 0 Å². The van der Waals surface area contributed by atoms with Gasteiger partial charge in [-0.3, -0.25) is 9.59 Å². The van der Waals surface area contributed by atoms with Crippen molar-refractivity contribution in [2.75, 3.05) is 44.2 Å². The number of hydrogen-bond donors (Lipinski definition) is 0. The Morgan fingerprint density at radius 3 is 2.50 bits per heavy atom. The summed E-state index contributed by atoms with van der Waals surface area (Å²) in [7, 11) is 0. The molecule has 0 N–H and O–H groups in total. The smallest absolute Gasteiger partial charge is 0.227 e. The van der Waals surface area contributed by atoms with Crippen LogP contribution < -0.4 is 4.90 Å². The Kier molecular flexibility index (Phi) is 6.26. The predicted molar refractivity (Wildman–Crippen MR) is 113 cm³/mol. The Morgan fingerprint density at radius 2 is 1.80 bits per heavy atom. The molecule has 2 fully saturated rings. The quantitative estimate of drug-likeness (QED) is 0.742. The fraction of sp³-hybridized carbons (Fsp3) is 0.524. The third-order valence-electron chi connectivity index (χ3n) is 5.81. The van der Waals surface area contributed by atoms with Crippen LogP contribution in [0.3, 0.4) is 0 Å². The number of amides is 2. The molecule has 0 saturated carbocycles. The van der Waals surface area contributed by atoms with Crippen molar-refractivity contribution in [2.45, 2.75) is 26.2 Å². The molecule has 160 valence electrons. The number of carbonyl (C=O) groups excluding carboxylic acids is 2. The van der Waals surface area contributed by atoms with Crippen molar-refractivity contribution in [3.05, 3.63) is 41.5 Å². The molecule has 0 bridgehead atoms. The van der Waals surface area contributed by atoms with Gasteiger partial charge in [0, 0.05) is 64.1 Å². The maximum absolute atomic E-state index is 13.1. The van der Waals surface area contributed by atoms with E-state index < -0.39 is 0 Å². The number of carbonyl (C=O) groups is 2. The Balaban J connectivity index is 1.35. The van der Waals surface area contributed by atoms with Gasteiger partial charge in [-0.15, -0.1) is 0 Å². The zero-order chi connectivity index (χ0) is 21.1. The van der Waals surface area contributed by atoms with Gasteiger partial charge in [-0.25, -0.2) is 9.37 Å². The molecular formula is C21H26FN5O2S. The number of rotatable bonds is 4. The number of nitrogens with zero attached hydrogens (tertiary/aromatic N) is 5. The van der Waals surface area contributed by atoms with E-state index in [2.05, 4.69) is 14.3 Å². The first-order chi connectivity index (χ1) is 14.5. The fourth-order valence-electron chi connectivity index (χ4n) is 4.08. The molecule has 3 heterocycles. The summed E-state index contributed by atoms with van der Waals surface area (Å²) in [6.07, 6.45) is 2.38. The van der Waals surface area contributed by atoms with Crippen LogP contribution in [0.5, 0.6) is 0 Å². The lowest BCUT2D eigenvalue weighted by molar-refractivity contribution is -0.141. The van der Waals surface area contributed by atoms with E-state index in [0.29, 0.717) is 39.1 Å². The highest BCUT2D eigenvalue weighted by Gasteiger charge is 2.32. The van der Waals surface area contributed by atoms with Crippen molar-refractivity contribution in [1.29, 1.82) is 0 Å². The number of piperazine rings is 1. The number of piperidine rings is 1. The lowest BCUT2D eigenvalue weighted by atomic mass is 9.96. The van der Waals surface area contributed by atoms with Gasteiger partial charge in [0.1, 0.15) is 11.6 Å². The van der Waals surface area contributed by atoms with Crippen LogP contribution in [0.15, 0.2) is 24.3 Å². The molecule has 7 nitrogen and oxygen atoms in total. The molecule has 1 unspecified atom stereocenters. The van der Waals surface area contributed by atoms with Gasteiger partial charge in [0.05, 0.1) is 5.92 Å². The highest BCUT2D eigenvalue weighted by molar-refractivity contribution is 7.09. The van der Waals surface area contributed by atoms with Gasteiger partial charge in [-0.1, -0.05) is 12.1 Å². The molecule has 1 aromatic carbocycles. The summed E-state index contributed by atoms with van der Waals surface area (Å²) in [5, 5.41) is 0.839. The summed E-state index contributed by atoms with van der Waals surface area (Å²) in [6, 6.07) is 6.38. The average molecular weight is 432 g/mol. The lowest BCUT2D eigenvalue weighted by Crippen LogP contribution is -2.53. The molecule has 9 heteroatoms. The highest BCUT2D eigenvalue weighted by atomic mass is 32.1. The first-order valence-corrected chi connectivity index (χ1v) is 11.1. The molecule has 4 rings (SSSR count). The second-order valence-corrected chi connectivity index (χ2v) is 8.64. The number of halogens is 1. The molecule has 0 radical (unpaired) electrons. The topological polar surface area (TPSA) is 69.6 Å². The minimum atomic E-state index is -0.252. The number of benzene rings is 1. The molecule has 2 aliphatic rings. The Hall–Kier alpha value is -2.55. The molecular weight excluding hydrogens is 405 g/mol. The monoisotopic (exact) mass is 431 g/mol. The normalized spacial score (nSPS) is 19.8. The van der Waals surface area contributed by atoms with E-state index in [1.165, 1.54) is 23.7 Å². The van der Waals surface area contributed by atoms with Crippen LogP contribution in [0, 0.1) is 11.7 Å². The van der Waals surface area contributed by atoms with Crippen LogP contribution in [0.2, 0.25) is 0 Å². The maximum Gasteiger partial charge on any atom is 0.227 e. The number of aromatic nitrogens is 2. The Morgan fingerprint density at radius 1 is 1.10 bits per heavy atom. The van der Waals surface area contributed by atoms with Gasteiger partial charge < -0.3 is 14.7 Å². The fourth-order valence-corrected chi connectivity index (χ4v) is 4.80. The molecule has 1 atom stereocenters. The molecule has 2 aromatic rings. The van der Waals surface area contributed by atoms with E-state index in [1.807, 2.05) is 4.90 Å². The first kappa shape index (κ1) is 20.7. The zero-order valence-electron chi connectivity index (χ0n) is 17.1. The van der Waals surface area contributed by atoms with E-state index in [9.17, 15) is 14.0 Å². The van der Waals surface area contributed by atoms with Gasteiger partial charge in [-0.2, -0.15) is 4.37 Å². The number of anilines is 1. The van der Waals surface area contributed by atoms with Gasteiger partial charge in [0.25, 0.3) is 0 Å². The van der Waals surface area contributed by atoms with Crippen molar-refractivity contribution in [1.82, 2.24) is 19.2 Å². The highest BCUT2D eigenvalue weighted by Crippen LogP contribution is 2.26. The summed E-state index contributed by atoms with van der Waals surface area (Å²) in [5.41, 5.74) is 0.970. The summed E-state index contributed by atoms with van der Waals surface area (Å²) < 4.78 is 17.5. The minimum Gasteiger partial charge on any atom is -0.346 e. The second-order valence-electron chi connectivity index (χ2n) is 7.91. The van der Waals surface area contributed by atoms with Crippen molar-refractivity contribution in [3.8, 4) is 0 Å². The SMILES string of the molecule is CC(=O)N1CCN(C(=O)C2CCCN(c3nc(Cc4ccc(F)cc4)ns3)C2)CC1. The van der Waals surface area contributed by atoms with Crippen molar-refractivity contribution in [2.24, 2.45) is 5.92 Å². The van der Waals surface area contributed by atoms with Gasteiger partial charge in [0.2, 0.25) is 16.9 Å². The van der Waals surface area contributed by atoms with E-state index in [1.54, 1.807) is 24.0 Å². The van der Waals surface area contributed by atoms with Crippen LogP contribution in [0.25, 0.3) is 0 Å². The maximum atomic E-state index is 13.1. The summed E-state index contributed by atoms with van der Waals surface area (Å²) in [5.74, 6) is 0.664. The first-order valence-electron chi connectivity index (χ1n) is 10.4. The minimum absolute atomic E-state index is 0.0490. The summed E-state index contributed by atoms with van der Waals surface area (Å²) in [4.78, 5) is 35.0. The van der Waals surface area contributed by atoms with Crippen molar-refractivity contribution < 1.29 is 14.0 Å². The van der Waals surface area contributed by atoms with Gasteiger partial charge in [-0.05, 0) is 30.5 Å². The van der Waals surface area contributed by atoms with Crippen LogP contribution in [0.4, 0.5) is 9.52 Å². The van der Waals surface area contributed by atoms with Crippen molar-refractivity contribution in [3.63, 3.8) is 0 Å². The van der Waals surface area contributed by atoms with Crippen molar-refractivity contribution >= 4 is 28.5 Å². The molecule has 0 aliphatic carbocycles. The van der Waals surface area contributed by atoms with Crippen LogP contribution in [-0.2, 0) is 16.0 Å². The molecule has 2 aliphatic heterocycles. The third kappa shape index (κ3) is 4.77. The van der Waals surface area contributed by atoms with Crippen LogP contribution in [-0.4, -0.2) is 70.2 Å². The summed E-state index contributed by atoms with van der Waals surface area (Å²) in [6.45, 7) is 5.53. The standard InChI is InChI=1S/C21H26FN5O2S/c1-15(28)25-9-11-26(12-10-25)20(29)17-3-2-8-27(14-17)21-23-19(24-30-21)13-16-4-6-18(22)7-5-16/h4-7,17H,2-3,8-14H2,1H3. The van der Waals surface area contributed by atoms with E-state index in [4.69, 9.17) is 0 Å². The molecule has 30 heavy (non-hydrogen) atoms. The average Bonchev–Trinajstić information content (AvgIpc) is 3.23. The third-order valence-corrected chi connectivity index (χ3v) is 6.63. The Bertz CT molecular complexity index is 895. The molecule has 2 saturated heterocycles. The Labute approximate surface area is 179 Å². The van der Waals surface area contributed by atoms with E-state index in [0.717, 1.165) is 35.9 Å². The largest absolute Gasteiger partial charge is 0.346 e. The lowest BCUT2D eigenvalue weighted by Gasteiger charge is -2.38. The van der Waals surface area contributed by atoms with E-state index in [-0.39, 0.29) is 23.5 Å². The molecule has 1 aromatic heterocycles.